The van der Waals surface area contributed by atoms with Gasteiger partial charge < -0.3 is 39.9 Å². The zero-order chi connectivity index (χ0) is 13.0. The van der Waals surface area contributed by atoms with E-state index in [2.05, 4.69) is 12.4 Å². The molecule has 1 aliphatic rings. The monoisotopic (exact) mass is 323 g/mol. The Hall–Kier alpha value is -0.880. The molecule has 0 aromatic heterocycles. The third-order valence-corrected chi connectivity index (χ3v) is 3.35. The van der Waals surface area contributed by atoms with Crippen molar-refractivity contribution in [3.8, 4) is 0 Å². The van der Waals surface area contributed by atoms with Crippen LogP contribution in [0.15, 0.2) is 24.3 Å². The summed E-state index contributed by atoms with van der Waals surface area (Å²) in [6.45, 7) is 4.77. The van der Waals surface area contributed by atoms with Gasteiger partial charge in [-0.3, -0.25) is 4.79 Å². The zero-order valence-electron chi connectivity index (χ0n) is 11.4. The average molecular weight is 324 g/mol. The predicted octanol–water partition coefficient (Wildman–Crippen LogP) is -7.81. The summed E-state index contributed by atoms with van der Waals surface area (Å²) in [4.78, 5) is 14.7. The maximum Gasteiger partial charge on any atom is 0.279 e. The first-order valence-corrected chi connectivity index (χ1v) is 6.34. The van der Waals surface area contributed by atoms with E-state index in [1.807, 2.05) is 0 Å². The van der Waals surface area contributed by atoms with Gasteiger partial charge in [-0.1, -0.05) is 0 Å². The van der Waals surface area contributed by atoms with Gasteiger partial charge in [-0.2, -0.15) is 0 Å². The third-order valence-electron chi connectivity index (χ3n) is 3.35. The van der Waals surface area contributed by atoms with E-state index >= 15 is 0 Å². The molecule has 4 nitrogen and oxygen atoms in total. The number of piperazine rings is 1. The van der Waals surface area contributed by atoms with Gasteiger partial charge in [-0.05, 0) is 24.3 Å². The van der Waals surface area contributed by atoms with Crippen molar-refractivity contribution in [2.24, 2.45) is 0 Å². The van der Waals surface area contributed by atoms with Crippen LogP contribution in [0, 0.1) is 5.82 Å². The standard InChI is InChI=1S/C13H18FN3O.2ClH/c1-16-6-8-17(9-7-16)10-13(18)15-12-4-2-11(14)3-5-12;;/h2-5H,6-10H2,1H3,(H,15,18);2*1H. The third kappa shape index (κ3) is 6.05. The van der Waals surface area contributed by atoms with E-state index in [0.29, 0.717) is 12.2 Å². The number of halogens is 3. The number of benzene rings is 1. The Bertz CT molecular complexity index is 409. The Morgan fingerprint density at radius 2 is 1.70 bits per heavy atom. The van der Waals surface area contributed by atoms with Crippen LogP contribution in [0.1, 0.15) is 0 Å². The Morgan fingerprint density at radius 3 is 2.25 bits per heavy atom. The molecule has 2 rings (SSSR count). The molecular weight excluding hydrogens is 304 g/mol. The van der Waals surface area contributed by atoms with Gasteiger partial charge in [-0.15, -0.1) is 0 Å². The van der Waals surface area contributed by atoms with Crippen LogP contribution < -0.4 is 39.9 Å². The number of anilines is 1. The number of quaternary nitrogens is 2. The van der Waals surface area contributed by atoms with Gasteiger partial charge in [0.25, 0.3) is 5.91 Å². The topological polar surface area (TPSA) is 38.0 Å². The molecule has 1 aliphatic heterocycles. The number of nitrogens with one attached hydrogen (secondary N) is 3. The maximum atomic E-state index is 12.7. The highest BCUT2D eigenvalue weighted by molar-refractivity contribution is 5.91. The Kier molecular flexibility index (Phi) is 8.73. The fraction of sp³-hybridized carbons (Fsp3) is 0.462. The van der Waals surface area contributed by atoms with Crippen molar-refractivity contribution in [2.45, 2.75) is 0 Å². The fourth-order valence-electron chi connectivity index (χ4n) is 2.17. The van der Waals surface area contributed by atoms with Crippen molar-refractivity contribution in [3.05, 3.63) is 30.1 Å². The molecule has 0 unspecified atom stereocenters. The van der Waals surface area contributed by atoms with E-state index < -0.39 is 0 Å². The number of amides is 1. The van der Waals surface area contributed by atoms with E-state index in [1.54, 1.807) is 12.1 Å². The molecule has 1 fully saturated rings. The summed E-state index contributed by atoms with van der Waals surface area (Å²) in [7, 11) is 2.18. The van der Waals surface area contributed by atoms with E-state index in [0.717, 1.165) is 26.2 Å². The Morgan fingerprint density at radius 1 is 1.15 bits per heavy atom. The van der Waals surface area contributed by atoms with Crippen LogP contribution in [0.2, 0.25) is 0 Å². The zero-order valence-corrected chi connectivity index (χ0v) is 12.9. The molecular formula is C13H20Cl2FN3O. The van der Waals surface area contributed by atoms with Gasteiger partial charge in [-0.25, -0.2) is 4.39 Å². The molecule has 0 saturated carbocycles. The number of hydrogen-bond acceptors (Lipinski definition) is 1. The Balaban J connectivity index is 0.00000180. The van der Waals surface area contributed by atoms with Crippen molar-refractivity contribution in [3.63, 3.8) is 0 Å². The minimum atomic E-state index is -0.291. The van der Waals surface area contributed by atoms with Crippen LogP contribution >= 0.6 is 0 Å². The summed E-state index contributed by atoms with van der Waals surface area (Å²) in [5, 5.41) is 2.79. The van der Waals surface area contributed by atoms with Gasteiger partial charge >= 0.3 is 0 Å². The first-order valence-electron chi connectivity index (χ1n) is 6.34. The summed E-state index contributed by atoms with van der Waals surface area (Å²) >= 11 is 0. The number of carbonyl (C=O) groups excluding carboxylic acids is 1. The summed E-state index contributed by atoms with van der Waals surface area (Å²) in [5.74, 6) is -0.295. The van der Waals surface area contributed by atoms with Crippen molar-refractivity contribution < 1.29 is 43.8 Å². The molecule has 7 heteroatoms. The lowest BCUT2D eigenvalue weighted by atomic mass is 10.3. The smallest absolute Gasteiger partial charge is 0.279 e. The molecule has 1 aromatic rings. The average Bonchev–Trinajstić information content (AvgIpc) is 2.35. The van der Waals surface area contributed by atoms with Crippen LogP contribution in [0.4, 0.5) is 10.1 Å². The summed E-state index contributed by atoms with van der Waals surface area (Å²) in [6, 6.07) is 5.86. The molecule has 0 radical (unpaired) electrons. The normalized spacial score (nSPS) is 21.3. The second kappa shape index (κ2) is 9.13. The van der Waals surface area contributed by atoms with Crippen LogP contribution in [0.3, 0.4) is 0 Å². The molecule has 1 heterocycles. The molecule has 0 bridgehead atoms. The second-order valence-electron chi connectivity index (χ2n) is 4.94. The molecule has 1 saturated heterocycles. The van der Waals surface area contributed by atoms with Crippen LogP contribution in [0.25, 0.3) is 0 Å². The highest BCUT2D eigenvalue weighted by Gasteiger charge is 2.22. The summed E-state index contributed by atoms with van der Waals surface area (Å²) < 4.78 is 12.7. The minimum absolute atomic E-state index is 0. The Labute approximate surface area is 131 Å². The molecule has 3 N–H and O–H groups in total. The van der Waals surface area contributed by atoms with Gasteiger partial charge in [0, 0.05) is 5.69 Å². The summed E-state index contributed by atoms with van der Waals surface area (Å²) in [6.07, 6.45) is 0. The molecule has 0 spiro atoms. The number of hydrogen-bond donors (Lipinski definition) is 3. The molecule has 114 valence electrons. The van der Waals surface area contributed by atoms with Gasteiger partial charge in [0.1, 0.15) is 32.0 Å². The largest absolute Gasteiger partial charge is 1.00 e. The lowest BCUT2D eigenvalue weighted by Crippen LogP contribution is -3.27. The van der Waals surface area contributed by atoms with Gasteiger partial charge in [0.05, 0.1) is 7.05 Å². The number of carbonyl (C=O) groups is 1. The van der Waals surface area contributed by atoms with Crippen molar-refractivity contribution in [2.75, 3.05) is 45.1 Å². The van der Waals surface area contributed by atoms with Crippen molar-refractivity contribution in [1.82, 2.24) is 0 Å². The number of rotatable bonds is 3. The van der Waals surface area contributed by atoms with Gasteiger partial charge in [0.2, 0.25) is 0 Å². The predicted molar refractivity (Wildman–Crippen MR) is 67.2 cm³/mol. The first-order chi connectivity index (χ1) is 8.63. The lowest BCUT2D eigenvalue weighted by molar-refractivity contribution is -0.999. The van der Waals surface area contributed by atoms with E-state index in [1.165, 1.54) is 21.9 Å². The number of likely N-dealkylation sites (N-methyl/N-ethyl adjacent to an activating group) is 1. The second-order valence-corrected chi connectivity index (χ2v) is 4.94. The maximum absolute atomic E-state index is 12.7. The van der Waals surface area contributed by atoms with Crippen LogP contribution in [-0.2, 0) is 4.79 Å². The van der Waals surface area contributed by atoms with E-state index in [4.69, 9.17) is 0 Å². The van der Waals surface area contributed by atoms with E-state index in [-0.39, 0.29) is 36.5 Å². The molecule has 0 aliphatic carbocycles. The molecule has 0 atom stereocenters. The highest BCUT2D eigenvalue weighted by atomic mass is 35.5. The molecule has 1 amide bonds. The SMILES string of the molecule is C[NH+]1CC[NH+](CC(=O)Nc2ccc(F)cc2)CC1.[Cl-].[Cl-]. The van der Waals surface area contributed by atoms with Crippen molar-refractivity contribution >= 4 is 11.6 Å². The highest BCUT2D eigenvalue weighted by Crippen LogP contribution is 2.07. The van der Waals surface area contributed by atoms with Crippen LogP contribution in [-0.4, -0.2) is 45.7 Å². The lowest BCUT2D eigenvalue weighted by Gasteiger charge is -2.26. The molecule has 1 aromatic carbocycles. The summed E-state index contributed by atoms with van der Waals surface area (Å²) in [5.41, 5.74) is 0.653. The quantitative estimate of drug-likeness (QED) is 0.508. The first kappa shape index (κ1) is 19.1. The van der Waals surface area contributed by atoms with Gasteiger partial charge in [0.15, 0.2) is 6.54 Å². The van der Waals surface area contributed by atoms with Crippen molar-refractivity contribution in [1.29, 1.82) is 0 Å². The fourth-order valence-corrected chi connectivity index (χ4v) is 2.17. The molecule has 20 heavy (non-hydrogen) atoms. The van der Waals surface area contributed by atoms with E-state index in [9.17, 15) is 9.18 Å². The minimum Gasteiger partial charge on any atom is -1.00 e. The van der Waals surface area contributed by atoms with Crippen LogP contribution in [0.5, 0.6) is 0 Å².